The smallest absolute Gasteiger partial charge is 0.251 e. The number of benzene rings is 1. The summed E-state index contributed by atoms with van der Waals surface area (Å²) in [6.07, 6.45) is 0. The van der Waals surface area contributed by atoms with Crippen LogP contribution in [0.3, 0.4) is 0 Å². The number of hydrogen-bond acceptors (Lipinski definition) is 2. The Bertz CT molecular complexity index is 423. The molecule has 1 aromatic rings. The lowest BCUT2D eigenvalue weighted by atomic mass is 10.0. The van der Waals surface area contributed by atoms with Gasteiger partial charge in [0.2, 0.25) is 0 Å². The highest BCUT2D eigenvalue weighted by atomic mass is 79.9. The largest absolute Gasteiger partial charge is 0.383 e. The number of amides is 1. The molecule has 0 heterocycles. The lowest BCUT2D eigenvalue weighted by molar-refractivity contribution is 0.0866. The van der Waals surface area contributed by atoms with E-state index in [0.29, 0.717) is 12.2 Å². The van der Waals surface area contributed by atoms with Crippen LogP contribution in [-0.2, 0) is 4.74 Å². The number of hydrogen-bond donors (Lipinski definition) is 1. The lowest BCUT2D eigenvalue weighted by Crippen LogP contribution is -2.41. The van der Waals surface area contributed by atoms with Gasteiger partial charge in [-0.15, -0.1) is 0 Å². The molecule has 1 N–H and O–H groups in total. The van der Waals surface area contributed by atoms with Crippen molar-refractivity contribution in [3.63, 3.8) is 0 Å². The maximum absolute atomic E-state index is 13.1. The van der Waals surface area contributed by atoms with E-state index in [2.05, 4.69) is 21.2 Å². The lowest BCUT2D eigenvalue weighted by Gasteiger charge is -2.21. The van der Waals surface area contributed by atoms with Gasteiger partial charge in [-0.2, -0.15) is 0 Å². The topological polar surface area (TPSA) is 38.3 Å². The fraction of sp³-hybridized carbons (Fsp3) is 0.462. The van der Waals surface area contributed by atoms with Crippen molar-refractivity contribution in [1.29, 1.82) is 0 Å². The number of halogens is 2. The number of rotatable bonds is 5. The Hall–Kier alpha value is -0.940. The van der Waals surface area contributed by atoms with Gasteiger partial charge in [0, 0.05) is 12.7 Å². The first-order chi connectivity index (χ1) is 8.45. The zero-order valence-electron chi connectivity index (χ0n) is 10.7. The fourth-order valence-corrected chi connectivity index (χ4v) is 1.85. The minimum absolute atomic E-state index is 0.0636. The van der Waals surface area contributed by atoms with E-state index in [1.165, 1.54) is 18.2 Å². The Morgan fingerprint density at radius 3 is 2.67 bits per heavy atom. The second-order valence-electron chi connectivity index (χ2n) is 4.41. The maximum atomic E-state index is 13.1. The molecule has 1 rings (SSSR count). The van der Waals surface area contributed by atoms with E-state index < -0.39 is 0 Å². The molecule has 0 saturated heterocycles. The van der Waals surface area contributed by atoms with Crippen LogP contribution in [0.1, 0.15) is 24.2 Å². The van der Waals surface area contributed by atoms with Gasteiger partial charge >= 0.3 is 0 Å². The summed E-state index contributed by atoms with van der Waals surface area (Å²) in [7, 11) is 1.59. The molecule has 0 saturated carbocycles. The molecule has 1 amide bonds. The van der Waals surface area contributed by atoms with Crippen LogP contribution in [0.4, 0.5) is 4.39 Å². The van der Waals surface area contributed by atoms with Gasteiger partial charge in [0.1, 0.15) is 5.82 Å². The molecule has 5 heteroatoms. The monoisotopic (exact) mass is 317 g/mol. The highest BCUT2D eigenvalue weighted by molar-refractivity contribution is 9.10. The summed E-state index contributed by atoms with van der Waals surface area (Å²) in [6.45, 7) is 4.46. The van der Waals surface area contributed by atoms with Crippen molar-refractivity contribution in [1.82, 2.24) is 5.32 Å². The molecule has 0 aliphatic rings. The summed E-state index contributed by atoms with van der Waals surface area (Å²) in [5.74, 6) is -0.354. The Morgan fingerprint density at radius 2 is 2.17 bits per heavy atom. The van der Waals surface area contributed by atoms with Gasteiger partial charge in [0.25, 0.3) is 5.91 Å². The summed E-state index contributed by atoms with van der Waals surface area (Å²) < 4.78 is 18.4. The molecule has 18 heavy (non-hydrogen) atoms. The van der Waals surface area contributed by atoms with Gasteiger partial charge < -0.3 is 10.1 Å². The first kappa shape index (κ1) is 15.1. The molecule has 0 bridgehead atoms. The number of methoxy groups -OCH3 is 1. The molecule has 0 spiro atoms. The van der Waals surface area contributed by atoms with Gasteiger partial charge in [-0.05, 0) is 40.0 Å². The highest BCUT2D eigenvalue weighted by Crippen LogP contribution is 2.17. The Kier molecular flexibility index (Phi) is 5.75. The van der Waals surface area contributed by atoms with Crippen LogP contribution >= 0.6 is 15.9 Å². The molecule has 0 aliphatic carbocycles. The molecule has 1 aromatic carbocycles. The van der Waals surface area contributed by atoms with Crippen LogP contribution in [-0.4, -0.2) is 25.7 Å². The quantitative estimate of drug-likeness (QED) is 0.906. The van der Waals surface area contributed by atoms with Crippen molar-refractivity contribution < 1.29 is 13.9 Å². The van der Waals surface area contributed by atoms with Crippen LogP contribution in [0.5, 0.6) is 0 Å². The SMILES string of the molecule is COCC(NC(=O)c1ccc(F)c(Br)c1)C(C)C. The van der Waals surface area contributed by atoms with Crippen molar-refractivity contribution in [2.45, 2.75) is 19.9 Å². The first-order valence-electron chi connectivity index (χ1n) is 5.70. The summed E-state index contributed by atoms with van der Waals surface area (Å²) in [4.78, 5) is 12.0. The van der Waals surface area contributed by atoms with E-state index in [9.17, 15) is 9.18 Å². The average molecular weight is 318 g/mol. The van der Waals surface area contributed by atoms with Crippen LogP contribution in [0.2, 0.25) is 0 Å². The molecule has 0 aromatic heterocycles. The molecule has 3 nitrogen and oxygen atoms in total. The third kappa shape index (κ3) is 4.07. The van der Waals surface area contributed by atoms with E-state index in [1.54, 1.807) is 7.11 Å². The summed E-state index contributed by atoms with van der Waals surface area (Å²) in [6, 6.07) is 4.13. The zero-order valence-corrected chi connectivity index (χ0v) is 12.3. The van der Waals surface area contributed by atoms with Gasteiger partial charge in [-0.25, -0.2) is 4.39 Å². The van der Waals surface area contributed by atoms with Crippen LogP contribution in [0, 0.1) is 11.7 Å². The molecular weight excluding hydrogens is 301 g/mol. The summed E-state index contributed by atoms with van der Waals surface area (Å²) in [5.41, 5.74) is 0.421. The third-order valence-electron chi connectivity index (χ3n) is 2.65. The van der Waals surface area contributed by atoms with Gasteiger partial charge in [0.15, 0.2) is 0 Å². The number of ether oxygens (including phenoxy) is 1. The van der Waals surface area contributed by atoms with Gasteiger partial charge in [-0.1, -0.05) is 13.8 Å². The van der Waals surface area contributed by atoms with Crippen LogP contribution in [0.15, 0.2) is 22.7 Å². The first-order valence-corrected chi connectivity index (χ1v) is 6.50. The molecule has 0 radical (unpaired) electrons. The van der Waals surface area contributed by atoms with E-state index in [1.807, 2.05) is 13.8 Å². The standard InChI is InChI=1S/C13H17BrFNO2/c1-8(2)12(7-18-3)16-13(17)9-4-5-11(15)10(14)6-9/h4-6,8,12H,7H2,1-3H3,(H,16,17). The van der Waals surface area contributed by atoms with Crippen molar-refractivity contribution in [3.05, 3.63) is 34.1 Å². The van der Waals surface area contributed by atoms with E-state index in [-0.39, 0.29) is 28.2 Å². The van der Waals surface area contributed by atoms with E-state index in [0.717, 1.165) is 0 Å². The highest BCUT2D eigenvalue weighted by Gasteiger charge is 2.17. The van der Waals surface area contributed by atoms with Crippen molar-refractivity contribution in [2.75, 3.05) is 13.7 Å². The number of carbonyl (C=O) groups is 1. The zero-order chi connectivity index (χ0) is 13.7. The Labute approximate surface area is 115 Å². The molecular formula is C13H17BrFNO2. The number of carbonyl (C=O) groups excluding carboxylic acids is 1. The fourth-order valence-electron chi connectivity index (χ4n) is 1.47. The van der Waals surface area contributed by atoms with Crippen molar-refractivity contribution >= 4 is 21.8 Å². The van der Waals surface area contributed by atoms with Gasteiger partial charge in [0.05, 0.1) is 17.1 Å². The molecule has 1 unspecified atom stereocenters. The van der Waals surface area contributed by atoms with Gasteiger partial charge in [-0.3, -0.25) is 4.79 Å². The van der Waals surface area contributed by atoms with Crippen molar-refractivity contribution in [3.8, 4) is 0 Å². The predicted molar refractivity (Wildman–Crippen MR) is 72.1 cm³/mol. The Morgan fingerprint density at radius 1 is 1.50 bits per heavy atom. The van der Waals surface area contributed by atoms with Crippen molar-refractivity contribution in [2.24, 2.45) is 5.92 Å². The van der Waals surface area contributed by atoms with Crippen LogP contribution in [0.25, 0.3) is 0 Å². The molecule has 1 atom stereocenters. The normalized spacial score (nSPS) is 12.6. The maximum Gasteiger partial charge on any atom is 0.251 e. The minimum Gasteiger partial charge on any atom is -0.383 e. The predicted octanol–water partition coefficient (Wildman–Crippen LogP) is 2.99. The third-order valence-corrected chi connectivity index (χ3v) is 3.26. The molecule has 0 fully saturated rings. The van der Waals surface area contributed by atoms with E-state index >= 15 is 0 Å². The summed E-state index contributed by atoms with van der Waals surface area (Å²) >= 11 is 3.06. The van der Waals surface area contributed by atoms with E-state index in [4.69, 9.17) is 4.74 Å². The van der Waals surface area contributed by atoms with Crippen LogP contribution < -0.4 is 5.32 Å². The second-order valence-corrected chi connectivity index (χ2v) is 5.26. The molecule has 100 valence electrons. The Balaban J connectivity index is 2.77. The molecule has 0 aliphatic heterocycles. The minimum atomic E-state index is -0.385. The second kappa shape index (κ2) is 6.85. The summed E-state index contributed by atoms with van der Waals surface area (Å²) in [5, 5.41) is 2.87. The average Bonchev–Trinajstić information content (AvgIpc) is 2.31. The number of nitrogens with one attached hydrogen (secondary N) is 1.